The van der Waals surface area contributed by atoms with Crippen LogP contribution in [0.15, 0.2) is 24.3 Å². The molecule has 28 heavy (non-hydrogen) atoms. The van der Waals surface area contributed by atoms with Crippen molar-refractivity contribution in [3.05, 3.63) is 40.7 Å². The fraction of sp³-hybridized carbons (Fsp3) is 0.545. The largest absolute Gasteiger partial charge is 0.338 e. The fourth-order valence-corrected chi connectivity index (χ4v) is 5.44. The van der Waals surface area contributed by atoms with Gasteiger partial charge >= 0.3 is 0 Å². The summed E-state index contributed by atoms with van der Waals surface area (Å²) in [5.41, 5.74) is 1.16. The van der Waals surface area contributed by atoms with Crippen LogP contribution in [0.25, 0.3) is 10.6 Å². The maximum Gasteiger partial charge on any atom is 0.265 e. The first-order valence-electron chi connectivity index (χ1n) is 10.4. The summed E-state index contributed by atoms with van der Waals surface area (Å²) in [6.45, 7) is 5.86. The van der Waals surface area contributed by atoms with E-state index in [2.05, 4.69) is 9.88 Å². The highest BCUT2D eigenvalue weighted by molar-refractivity contribution is 7.17. The molecule has 2 aliphatic heterocycles. The summed E-state index contributed by atoms with van der Waals surface area (Å²) in [7, 11) is 0. The van der Waals surface area contributed by atoms with Crippen molar-refractivity contribution in [1.82, 2.24) is 14.8 Å². The number of piperidine rings is 1. The number of likely N-dealkylation sites (tertiary alicyclic amines) is 2. The number of carbonyl (C=O) groups is 1. The van der Waals surface area contributed by atoms with E-state index in [1.54, 1.807) is 18.2 Å². The Bertz CT molecular complexity index is 821. The lowest BCUT2D eigenvalue weighted by molar-refractivity contribution is 0.0626. The number of nitrogens with zero attached hydrogens (tertiary/aromatic N) is 3. The van der Waals surface area contributed by atoms with Gasteiger partial charge in [0.05, 0.1) is 5.69 Å². The predicted octanol–water partition coefficient (Wildman–Crippen LogP) is 4.74. The molecule has 2 aliphatic rings. The minimum atomic E-state index is -0.298. The minimum absolute atomic E-state index is 0.0481. The van der Waals surface area contributed by atoms with E-state index in [4.69, 9.17) is 0 Å². The highest BCUT2D eigenvalue weighted by Gasteiger charge is 2.29. The molecule has 150 valence electrons. The molecule has 4 rings (SSSR count). The molecule has 2 saturated heterocycles. The Morgan fingerprint density at radius 2 is 1.75 bits per heavy atom. The summed E-state index contributed by atoms with van der Waals surface area (Å²) in [6.07, 6.45) is 7.40. The van der Waals surface area contributed by atoms with Gasteiger partial charge in [0.15, 0.2) is 0 Å². The van der Waals surface area contributed by atoms with Gasteiger partial charge in [-0.1, -0.05) is 25.0 Å². The molecule has 1 aromatic carbocycles. The van der Waals surface area contributed by atoms with Crippen molar-refractivity contribution in [2.75, 3.05) is 26.2 Å². The van der Waals surface area contributed by atoms with Gasteiger partial charge in [0.25, 0.3) is 5.91 Å². The molecule has 1 amide bonds. The van der Waals surface area contributed by atoms with Crippen LogP contribution >= 0.6 is 11.3 Å². The van der Waals surface area contributed by atoms with Crippen molar-refractivity contribution in [2.45, 2.75) is 51.5 Å². The van der Waals surface area contributed by atoms with Crippen LogP contribution < -0.4 is 0 Å². The second-order valence-electron chi connectivity index (χ2n) is 7.89. The lowest BCUT2D eigenvalue weighted by Gasteiger charge is -2.38. The second-order valence-corrected chi connectivity index (χ2v) is 8.89. The van der Waals surface area contributed by atoms with Crippen molar-refractivity contribution in [3.8, 4) is 10.6 Å². The quantitative estimate of drug-likeness (QED) is 0.745. The van der Waals surface area contributed by atoms with Crippen LogP contribution in [0.5, 0.6) is 0 Å². The summed E-state index contributed by atoms with van der Waals surface area (Å²) in [4.78, 5) is 22.8. The van der Waals surface area contributed by atoms with Crippen molar-refractivity contribution in [2.24, 2.45) is 0 Å². The molecule has 0 spiro atoms. The summed E-state index contributed by atoms with van der Waals surface area (Å²) in [6, 6.07) is 7.22. The van der Waals surface area contributed by atoms with Crippen LogP contribution in [0.1, 0.15) is 53.9 Å². The zero-order valence-corrected chi connectivity index (χ0v) is 17.3. The van der Waals surface area contributed by atoms with Crippen molar-refractivity contribution < 1.29 is 9.18 Å². The average molecular weight is 402 g/mol. The lowest BCUT2D eigenvalue weighted by Crippen LogP contribution is -2.47. The van der Waals surface area contributed by atoms with E-state index in [1.165, 1.54) is 56.2 Å². The molecular formula is C22H28FN3OS. The second kappa shape index (κ2) is 8.70. The van der Waals surface area contributed by atoms with Crippen LogP contribution in [0.4, 0.5) is 4.39 Å². The van der Waals surface area contributed by atoms with Gasteiger partial charge in [-0.25, -0.2) is 9.37 Å². The molecule has 2 fully saturated rings. The summed E-state index contributed by atoms with van der Waals surface area (Å²) >= 11 is 1.31. The maximum atomic E-state index is 14.1. The Morgan fingerprint density at radius 1 is 1.07 bits per heavy atom. The molecule has 0 atom stereocenters. The van der Waals surface area contributed by atoms with Gasteiger partial charge in [-0.3, -0.25) is 4.79 Å². The van der Waals surface area contributed by atoms with E-state index < -0.39 is 0 Å². The minimum Gasteiger partial charge on any atom is -0.338 e. The zero-order valence-electron chi connectivity index (χ0n) is 16.5. The number of halogens is 1. The third-order valence-corrected chi connectivity index (χ3v) is 7.18. The lowest BCUT2D eigenvalue weighted by atomic mass is 10.0. The van der Waals surface area contributed by atoms with Crippen molar-refractivity contribution >= 4 is 17.2 Å². The fourth-order valence-electron chi connectivity index (χ4n) is 4.38. The number of hydrogen-bond donors (Lipinski definition) is 0. The molecular weight excluding hydrogens is 373 g/mol. The van der Waals surface area contributed by atoms with Crippen LogP contribution in [-0.2, 0) is 0 Å². The van der Waals surface area contributed by atoms with Gasteiger partial charge < -0.3 is 9.80 Å². The SMILES string of the molecule is Cc1nc(-c2ccccc2F)sc1C(=O)N1CCC(N2CCCCCC2)CC1. The van der Waals surface area contributed by atoms with E-state index in [9.17, 15) is 9.18 Å². The summed E-state index contributed by atoms with van der Waals surface area (Å²) in [5.74, 6) is -0.250. The van der Waals surface area contributed by atoms with E-state index in [0.29, 0.717) is 27.2 Å². The monoisotopic (exact) mass is 401 g/mol. The number of benzene rings is 1. The smallest absolute Gasteiger partial charge is 0.265 e. The number of aryl methyl sites for hydroxylation is 1. The van der Waals surface area contributed by atoms with Crippen LogP contribution in [0.2, 0.25) is 0 Å². The topological polar surface area (TPSA) is 36.4 Å². The predicted molar refractivity (Wildman–Crippen MR) is 111 cm³/mol. The first-order chi connectivity index (χ1) is 13.6. The molecule has 0 bridgehead atoms. The van der Waals surface area contributed by atoms with E-state index >= 15 is 0 Å². The third kappa shape index (κ3) is 4.13. The van der Waals surface area contributed by atoms with E-state index in [0.717, 1.165) is 25.9 Å². The molecule has 0 saturated carbocycles. The normalized spacial score (nSPS) is 19.6. The standard InChI is InChI=1S/C22H28FN3OS/c1-16-20(28-21(24-16)18-8-4-5-9-19(18)23)22(27)26-14-10-17(11-15-26)25-12-6-2-3-7-13-25/h4-5,8-9,17H,2-3,6-7,10-15H2,1H3. The highest BCUT2D eigenvalue weighted by atomic mass is 32.1. The molecule has 0 N–H and O–H groups in total. The molecule has 4 nitrogen and oxygen atoms in total. The first kappa shape index (κ1) is 19.5. The number of carbonyl (C=O) groups excluding carboxylic acids is 1. The Kier molecular flexibility index (Phi) is 6.07. The third-order valence-electron chi connectivity index (χ3n) is 6.00. The number of amides is 1. The van der Waals surface area contributed by atoms with Gasteiger partial charge in [-0.2, -0.15) is 0 Å². The molecule has 0 unspecified atom stereocenters. The van der Waals surface area contributed by atoms with Crippen LogP contribution in [-0.4, -0.2) is 52.9 Å². The maximum absolute atomic E-state index is 14.1. The number of aromatic nitrogens is 1. The Labute approximate surface area is 170 Å². The number of rotatable bonds is 3. The van der Waals surface area contributed by atoms with Gasteiger partial charge in [0.2, 0.25) is 0 Å². The molecule has 2 aromatic rings. The molecule has 1 aromatic heterocycles. The van der Waals surface area contributed by atoms with Gasteiger partial charge in [-0.15, -0.1) is 11.3 Å². The number of hydrogen-bond acceptors (Lipinski definition) is 4. The Hall–Kier alpha value is -1.79. The van der Waals surface area contributed by atoms with Gasteiger partial charge in [0.1, 0.15) is 15.7 Å². The van der Waals surface area contributed by atoms with Crippen LogP contribution in [0.3, 0.4) is 0 Å². The highest BCUT2D eigenvalue weighted by Crippen LogP contribution is 2.31. The molecule has 0 aliphatic carbocycles. The van der Waals surface area contributed by atoms with E-state index in [-0.39, 0.29) is 11.7 Å². The van der Waals surface area contributed by atoms with E-state index in [1.807, 2.05) is 11.8 Å². The zero-order chi connectivity index (χ0) is 19.5. The molecule has 3 heterocycles. The van der Waals surface area contributed by atoms with Crippen molar-refractivity contribution in [1.29, 1.82) is 0 Å². The Balaban J connectivity index is 1.42. The van der Waals surface area contributed by atoms with Crippen LogP contribution in [0, 0.1) is 12.7 Å². The molecule has 6 heteroatoms. The first-order valence-corrected chi connectivity index (χ1v) is 11.2. The molecule has 0 radical (unpaired) electrons. The summed E-state index contributed by atoms with van der Waals surface area (Å²) in [5, 5.41) is 0.582. The van der Waals surface area contributed by atoms with Gasteiger partial charge in [0, 0.05) is 24.7 Å². The van der Waals surface area contributed by atoms with Crippen molar-refractivity contribution in [3.63, 3.8) is 0 Å². The summed E-state index contributed by atoms with van der Waals surface area (Å²) < 4.78 is 14.1. The average Bonchev–Trinajstić information content (AvgIpc) is 2.92. The number of thiazole rings is 1. The van der Waals surface area contributed by atoms with Gasteiger partial charge in [-0.05, 0) is 57.8 Å². The Morgan fingerprint density at radius 3 is 2.43 bits per heavy atom.